The molecule has 0 spiro atoms. The molecule has 0 aliphatic heterocycles. The average molecular weight is 470 g/mol. The summed E-state index contributed by atoms with van der Waals surface area (Å²) in [5.74, 6) is 1.74. The summed E-state index contributed by atoms with van der Waals surface area (Å²) >= 11 is 1.69. The van der Waals surface area contributed by atoms with Crippen LogP contribution in [0.15, 0.2) is 40.7 Å². The van der Waals surface area contributed by atoms with Crippen molar-refractivity contribution in [3.8, 4) is 10.6 Å². The van der Waals surface area contributed by atoms with Crippen molar-refractivity contribution in [2.45, 2.75) is 45.2 Å². The molecule has 2 aromatic rings. The van der Waals surface area contributed by atoms with E-state index in [1.54, 1.807) is 11.3 Å². The molecule has 3 rings (SSSR count). The Kier molecular flexibility index (Phi) is 8.15. The predicted molar refractivity (Wildman–Crippen MR) is 118 cm³/mol. The van der Waals surface area contributed by atoms with Gasteiger partial charge in [-0.1, -0.05) is 37.3 Å². The average Bonchev–Trinajstić information content (AvgIpc) is 3.10. The molecule has 1 aliphatic carbocycles. The van der Waals surface area contributed by atoms with Gasteiger partial charge in [-0.2, -0.15) is 0 Å². The predicted octanol–water partition coefficient (Wildman–Crippen LogP) is 4.67. The molecule has 25 heavy (non-hydrogen) atoms. The van der Waals surface area contributed by atoms with Crippen LogP contribution in [-0.4, -0.2) is 24.0 Å². The molecule has 0 bridgehead atoms. The molecule has 0 radical (unpaired) electrons. The second-order valence-electron chi connectivity index (χ2n) is 6.54. The van der Waals surface area contributed by atoms with Crippen LogP contribution in [0.25, 0.3) is 10.6 Å². The summed E-state index contributed by atoms with van der Waals surface area (Å²) in [5, 5.41) is 10.1. The zero-order valence-electron chi connectivity index (χ0n) is 14.9. The summed E-state index contributed by atoms with van der Waals surface area (Å²) in [7, 11) is 1.83. The first kappa shape index (κ1) is 20.2. The third-order valence-electron chi connectivity index (χ3n) is 4.59. The number of guanidine groups is 1. The number of aliphatic imine (C=N–C) groups is 1. The van der Waals surface area contributed by atoms with Gasteiger partial charge in [0.15, 0.2) is 5.96 Å². The van der Waals surface area contributed by atoms with Crippen LogP contribution in [0.2, 0.25) is 0 Å². The second-order valence-corrected chi connectivity index (χ2v) is 7.40. The van der Waals surface area contributed by atoms with Crippen molar-refractivity contribution in [2.24, 2.45) is 10.9 Å². The number of nitrogens with one attached hydrogen (secondary N) is 2. The van der Waals surface area contributed by atoms with Crippen molar-refractivity contribution in [2.75, 3.05) is 7.05 Å². The van der Waals surface area contributed by atoms with E-state index in [0.29, 0.717) is 12.6 Å². The summed E-state index contributed by atoms with van der Waals surface area (Å²) in [6.45, 7) is 3.04. The van der Waals surface area contributed by atoms with Crippen LogP contribution in [0, 0.1) is 5.92 Å². The van der Waals surface area contributed by atoms with Gasteiger partial charge in [-0.25, -0.2) is 4.98 Å². The number of hydrogen-bond donors (Lipinski definition) is 2. The highest BCUT2D eigenvalue weighted by atomic mass is 127. The van der Waals surface area contributed by atoms with Crippen LogP contribution in [0.5, 0.6) is 0 Å². The maximum Gasteiger partial charge on any atom is 0.191 e. The van der Waals surface area contributed by atoms with Gasteiger partial charge in [0.1, 0.15) is 5.01 Å². The van der Waals surface area contributed by atoms with Gasteiger partial charge in [-0.3, -0.25) is 4.99 Å². The van der Waals surface area contributed by atoms with Gasteiger partial charge in [0.05, 0.1) is 12.2 Å². The highest BCUT2D eigenvalue weighted by Crippen LogP contribution is 2.24. The van der Waals surface area contributed by atoms with Gasteiger partial charge in [0.25, 0.3) is 0 Å². The van der Waals surface area contributed by atoms with E-state index in [9.17, 15) is 0 Å². The maximum atomic E-state index is 4.72. The van der Waals surface area contributed by atoms with Gasteiger partial charge in [-0.05, 0) is 31.6 Å². The van der Waals surface area contributed by atoms with Crippen LogP contribution >= 0.6 is 35.3 Å². The number of benzene rings is 1. The molecule has 1 heterocycles. The van der Waals surface area contributed by atoms with Crippen molar-refractivity contribution in [1.82, 2.24) is 15.6 Å². The van der Waals surface area contributed by atoms with Gasteiger partial charge in [0.2, 0.25) is 0 Å². The van der Waals surface area contributed by atoms with Crippen molar-refractivity contribution >= 4 is 41.3 Å². The van der Waals surface area contributed by atoms with E-state index in [1.165, 1.54) is 31.2 Å². The number of thiazole rings is 1. The first-order chi connectivity index (χ1) is 11.7. The first-order valence-electron chi connectivity index (χ1n) is 8.71. The monoisotopic (exact) mass is 470 g/mol. The number of rotatable bonds is 4. The molecule has 0 unspecified atom stereocenters. The quantitative estimate of drug-likeness (QED) is 0.388. The summed E-state index contributed by atoms with van der Waals surface area (Å²) < 4.78 is 0. The number of hydrogen-bond acceptors (Lipinski definition) is 3. The highest BCUT2D eigenvalue weighted by Gasteiger charge is 2.18. The molecule has 1 aromatic carbocycles. The number of nitrogens with zero attached hydrogens (tertiary/aromatic N) is 2. The molecule has 1 aromatic heterocycles. The Bertz CT molecular complexity index is 663. The summed E-state index contributed by atoms with van der Waals surface area (Å²) in [6.07, 6.45) is 5.08. The smallest absolute Gasteiger partial charge is 0.191 e. The lowest BCUT2D eigenvalue weighted by Crippen LogP contribution is -2.44. The molecule has 0 atom stereocenters. The first-order valence-corrected chi connectivity index (χ1v) is 9.59. The Morgan fingerprint density at radius 3 is 2.60 bits per heavy atom. The van der Waals surface area contributed by atoms with E-state index in [0.717, 1.165) is 22.6 Å². The zero-order chi connectivity index (χ0) is 16.8. The highest BCUT2D eigenvalue weighted by molar-refractivity contribution is 14.0. The van der Waals surface area contributed by atoms with E-state index in [2.05, 4.69) is 40.1 Å². The maximum absolute atomic E-state index is 4.72. The van der Waals surface area contributed by atoms with E-state index in [1.807, 2.05) is 25.2 Å². The van der Waals surface area contributed by atoms with E-state index >= 15 is 0 Å². The zero-order valence-corrected chi connectivity index (χ0v) is 18.0. The minimum atomic E-state index is 0. The summed E-state index contributed by atoms with van der Waals surface area (Å²) in [6, 6.07) is 10.9. The van der Waals surface area contributed by atoms with Gasteiger partial charge >= 0.3 is 0 Å². The van der Waals surface area contributed by atoms with Gasteiger partial charge in [-0.15, -0.1) is 35.3 Å². The number of aromatic nitrogens is 1. The van der Waals surface area contributed by atoms with E-state index in [-0.39, 0.29) is 24.0 Å². The van der Waals surface area contributed by atoms with Crippen molar-refractivity contribution in [3.63, 3.8) is 0 Å². The molecule has 1 fully saturated rings. The molecule has 0 saturated heterocycles. The third-order valence-corrected chi connectivity index (χ3v) is 5.53. The van der Waals surface area contributed by atoms with Crippen LogP contribution in [0.3, 0.4) is 0 Å². The van der Waals surface area contributed by atoms with Crippen molar-refractivity contribution in [3.05, 3.63) is 41.4 Å². The standard InChI is InChI=1S/C19H26N4S.HI/c1-14-8-10-16(11-9-14)23-19(20-2)21-12-17-13-24-18(22-17)15-6-4-3-5-7-15;/h3-7,13-14,16H,8-12H2,1-2H3,(H2,20,21,23);1H. The molecule has 1 aliphatic rings. The molecular formula is C19H27IN4S. The Balaban J connectivity index is 0.00000225. The lowest BCUT2D eigenvalue weighted by Gasteiger charge is -2.28. The largest absolute Gasteiger partial charge is 0.354 e. The van der Waals surface area contributed by atoms with Crippen LogP contribution < -0.4 is 10.6 Å². The van der Waals surface area contributed by atoms with Crippen LogP contribution in [0.1, 0.15) is 38.3 Å². The fraction of sp³-hybridized carbons (Fsp3) is 0.474. The Morgan fingerprint density at radius 1 is 1.20 bits per heavy atom. The molecular weight excluding hydrogens is 443 g/mol. The fourth-order valence-corrected chi connectivity index (χ4v) is 3.89. The topological polar surface area (TPSA) is 49.3 Å². The minimum absolute atomic E-state index is 0. The van der Waals surface area contributed by atoms with Crippen molar-refractivity contribution in [1.29, 1.82) is 0 Å². The molecule has 4 nitrogen and oxygen atoms in total. The lowest BCUT2D eigenvalue weighted by molar-refractivity contribution is 0.329. The fourth-order valence-electron chi connectivity index (χ4n) is 3.07. The summed E-state index contributed by atoms with van der Waals surface area (Å²) in [4.78, 5) is 9.07. The normalized spacial score (nSPS) is 20.6. The molecule has 6 heteroatoms. The Morgan fingerprint density at radius 2 is 1.92 bits per heavy atom. The Hall–Kier alpha value is -1.15. The SMILES string of the molecule is CN=C(NCc1csc(-c2ccccc2)n1)NC1CCC(C)CC1.I. The lowest BCUT2D eigenvalue weighted by atomic mass is 9.87. The van der Waals surface area contributed by atoms with Crippen LogP contribution in [-0.2, 0) is 6.54 Å². The van der Waals surface area contributed by atoms with E-state index in [4.69, 9.17) is 4.98 Å². The molecule has 0 amide bonds. The summed E-state index contributed by atoms with van der Waals surface area (Å²) in [5.41, 5.74) is 2.23. The molecule has 2 N–H and O–H groups in total. The second kappa shape index (κ2) is 10.1. The van der Waals surface area contributed by atoms with Gasteiger partial charge in [0, 0.05) is 24.0 Å². The van der Waals surface area contributed by atoms with Gasteiger partial charge < -0.3 is 10.6 Å². The molecule has 136 valence electrons. The molecule has 1 saturated carbocycles. The van der Waals surface area contributed by atoms with Crippen LogP contribution in [0.4, 0.5) is 0 Å². The van der Waals surface area contributed by atoms with E-state index < -0.39 is 0 Å². The third kappa shape index (κ3) is 5.95. The number of halogens is 1. The van der Waals surface area contributed by atoms with Crippen molar-refractivity contribution < 1.29 is 0 Å². The minimum Gasteiger partial charge on any atom is -0.354 e. The Labute approximate surface area is 171 Å².